The Kier molecular flexibility index (Phi) is 4.74. The molecule has 1 aromatic heterocycles. The van der Waals surface area contributed by atoms with Crippen molar-refractivity contribution < 1.29 is 9.47 Å². The number of aryl methyl sites for hydroxylation is 1. The normalized spacial score (nSPS) is 21.0. The summed E-state index contributed by atoms with van der Waals surface area (Å²) in [4.78, 5) is 9.26. The summed E-state index contributed by atoms with van der Waals surface area (Å²) in [7, 11) is 0. The SMILES string of the molecule is Cc1cc(N2CCCN(CC3COc4ccccc4O3)CC2)ccn1. The molecule has 0 saturated carbocycles. The van der Waals surface area contributed by atoms with Crippen LogP contribution in [0.3, 0.4) is 0 Å². The lowest BCUT2D eigenvalue weighted by atomic mass is 10.2. The maximum Gasteiger partial charge on any atom is 0.161 e. The van der Waals surface area contributed by atoms with Crippen molar-refractivity contribution in [3.05, 3.63) is 48.3 Å². The number of aromatic nitrogens is 1. The van der Waals surface area contributed by atoms with Crippen LogP contribution in [0.4, 0.5) is 5.69 Å². The monoisotopic (exact) mass is 339 g/mol. The summed E-state index contributed by atoms with van der Waals surface area (Å²) < 4.78 is 12.0. The van der Waals surface area contributed by atoms with Gasteiger partial charge >= 0.3 is 0 Å². The highest BCUT2D eigenvalue weighted by Crippen LogP contribution is 2.31. The molecule has 2 aromatic rings. The van der Waals surface area contributed by atoms with Crippen LogP contribution in [0, 0.1) is 6.92 Å². The number of pyridine rings is 1. The molecular formula is C20H25N3O2. The summed E-state index contributed by atoms with van der Waals surface area (Å²) in [5, 5.41) is 0. The number of fused-ring (bicyclic) bond motifs is 1. The summed E-state index contributed by atoms with van der Waals surface area (Å²) in [5.41, 5.74) is 2.35. The van der Waals surface area contributed by atoms with E-state index in [4.69, 9.17) is 9.47 Å². The van der Waals surface area contributed by atoms with E-state index < -0.39 is 0 Å². The first-order valence-corrected chi connectivity index (χ1v) is 9.06. The van der Waals surface area contributed by atoms with Gasteiger partial charge in [-0.25, -0.2) is 0 Å². The lowest BCUT2D eigenvalue weighted by Gasteiger charge is -2.30. The number of para-hydroxylation sites is 2. The van der Waals surface area contributed by atoms with Crippen LogP contribution in [0.2, 0.25) is 0 Å². The van der Waals surface area contributed by atoms with Gasteiger partial charge in [-0.15, -0.1) is 0 Å². The molecule has 4 rings (SSSR count). The molecule has 0 aliphatic carbocycles. The van der Waals surface area contributed by atoms with Gasteiger partial charge in [-0.1, -0.05) is 12.1 Å². The highest BCUT2D eigenvalue weighted by molar-refractivity contribution is 5.46. The Morgan fingerprint density at radius 3 is 2.84 bits per heavy atom. The van der Waals surface area contributed by atoms with Crippen molar-refractivity contribution in [1.29, 1.82) is 0 Å². The second-order valence-corrected chi connectivity index (χ2v) is 6.79. The average molecular weight is 339 g/mol. The summed E-state index contributed by atoms with van der Waals surface area (Å²) >= 11 is 0. The van der Waals surface area contributed by atoms with Gasteiger partial charge in [0.15, 0.2) is 11.5 Å². The lowest BCUT2D eigenvalue weighted by Crippen LogP contribution is -2.42. The first kappa shape index (κ1) is 16.2. The average Bonchev–Trinajstić information content (AvgIpc) is 2.87. The van der Waals surface area contributed by atoms with E-state index in [-0.39, 0.29) is 6.10 Å². The molecule has 1 fully saturated rings. The highest BCUT2D eigenvalue weighted by atomic mass is 16.6. The summed E-state index contributed by atoms with van der Waals surface area (Å²) in [6.07, 6.45) is 3.16. The molecule has 5 nitrogen and oxygen atoms in total. The van der Waals surface area contributed by atoms with Gasteiger partial charge < -0.3 is 14.4 Å². The molecule has 0 N–H and O–H groups in total. The molecule has 0 spiro atoms. The van der Waals surface area contributed by atoms with E-state index >= 15 is 0 Å². The summed E-state index contributed by atoms with van der Waals surface area (Å²) in [6.45, 7) is 7.85. The Morgan fingerprint density at radius 1 is 1.08 bits per heavy atom. The topological polar surface area (TPSA) is 37.8 Å². The van der Waals surface area contributed by atoms with Crippen LogP contribution in [0.1, 0.15) is 12.1 Å². The van der Waals surface area contributed by atoms with Crippen LogP contribution >= 0.6 is 0 Å². The van der Waals surface area contributed by atoms with Gasteiger partial charge in [0.1, 0.15) is 12.7 Å². The number of benzene rings is 1. The Morgan fingerprint density at radius 2 is 1.96 bits per heavy atom. The number of hydrogen-bond acceptors (Lipinski definition) is 5. The molecule has 1 atom stereocenters. The van der Waals surface area contributed by atoms with Crippen LogP contribution in [0.25, 0.3) is 0 Å². The van der Waals surface area contributed by atoms with Crippen LogP contribution in [0.15, 0.2) is 42.6 Å². The zero-order valence-corrected chi connectivity index (χ0v) is 14.7. The van der Waals surface area contributed by atoms with Crippen molar-refractivity contribution in [1.82, 2.24) is 9.88 Å². The number of ether oxygens (including phenoxy) is 2. The molecule has 25 heavy (non-hydrogen) atoms. The standard InChI is InChI=1S/C20H25N3O2/c1-16-13-17(7-8-21-16)23-10-4-9-22(11-12-23)14-18-15-24-19-5-2-3-6-20(19)25-18/h2-3,5-8,13,18H,4,9-12,14-15H2,1H3. The zero-order valence-electron chi connectivity index (χ0n) is 14.7. The maximum atomic E-state index is 6.11. The Bertz CT molecular complexity index is 722. The van der Waals surface area contributed by atoms with Crippen molar-refractivity contribution in [2.24, 2.45) is 0 Å². The molecule has 0 amide bonds. The Hall–Kier alpha value is -2.27. The van der Waals surface area contributed by atoms with Gasteiger partial charge in [0, 0.05) is 50.3 Å². The van der Waals surface area contributed by atoms with E-state index in [2.05, 4.69) is 26.9 Å². The van der Waals surface area contributed by atoms with Gasteiger partial charge in [-0.2, -0.15) is 0 Å². The third kappa shape index (κ3) is 3.87. The predicted molar refractivity (Wildman–Crippen MR) is 98.6 cm³/mol. The summed E-state index contributed by atoms with van der Waals surface area (Å²) in [6, 6.07) is 12.2. The molecule has 2 aliphatic heterocycles. The first-order chi connectivity index (χ1) is 12.3. The number of anilines is 1. The second-order valence-electron chi connectivity index (χ2n) is 6.79. The summed E-state index contributed by atoms with van der Waals surface area (Å²) in [5.74, 6) is 1.72. The fourth-order valence-electron chi connectivity index (χ4n) is 3.58. The molecule has 2 aliphatic rings. The third-order valence-electron chi connectivity index (χ3n) is 4.86. The molecular weight excluding hydrogens is 314 g/mol. The number of nitrogens with zero attached hydrogens (tertiary/aromatic N) is 3. The minimum absolute atomic E-state index is 0.101. The van der Waals surface area contributed by atoms with Gasteiger partial charge in [-0.05, 0) is 37.6 Å². The molecule has 3 heterocycles. The highest BCUT2D eigenvalue weighted by Gasteiger charge is 2.24. The number of rotatable bonds is 3. The first-order valence-electron chi connectivity index (χ1n) is 9.06. The largest absolute Gasteiger partial charge is 0.486 e. The molecule has 1 aromatic carbocycles. The molecule has 1 unspecified atom stereocenters. The van der Waals surface area contributed by atoms with Gasteiger partial charge in [0.2, 0.25) is 0 Å². The molecule has 5 heteroatoms. The van der Waals surface area contributed by atoms with E-state index in [0.717, 1.165) is 56.3 Å². The van der Waals surface area contributed by atoms with E-state index in [1.54, 1.807) is 0 Å². The fourth-order valence-corrected chi connectivity index (χ4v) is 3.58. The van der Waals surface area contributed by atoms with E-state index in [0.29, 0.717) is 6.61 Å². The lowest BCUT2D eigenvalue weighted by molar-refractivity contribution is 0.0606. The Labute approximate surface area is 149 Å². The second kappa shape index (κ2) is 7.31. The van der Waals surface area contributed by atoms with Crippen molar-refractivity contribution in [2.45, 2.75) is 19.4 Å². The van der Waals surface area contributed by atoms with Gasteiger partial charge in [0.25, 0.3) is 0 Å². The molecule has 0 radical (unpaired) electrons. The van der Waals surface area contributed by atoms with Crippen LogP contribution < -0.4 is 14.4 Å². The maximum absolute atomic E-state index is 6.11. The minimum Gasteiger partial charge on any atom is -0.486 e. The number of hydrogen-bond donors (Lipinski definition) is 0. The fraction of sp³-hybridized carbons (Fsp3) is 0.450. The smallest absolute Gasteiger partial charge is 0.161 e. The van der Waals surface area contributed by atoms with Crippen molar-refractivity contribution >= 4 is 5.69 Å². The molecule has 132 valence electrons. The van der Waals surface area contributed by atoms with Crippen molar-refractivity contribution in [3.63, 3.8) is 0 Å². The van der Waals surface area contributed by atoms with Crippen LogP contribution in [0.5, 0.6) is 11.5 Å². The van der Waals surface area contributed by atoms with Crippen LogP contribution in [-0.4, -0.2) is 55.3 Å². The van der Waals surface area contributed by atoms with E-state index in [1.807, 2.05) is 37.4 Å². The molecule has 1 saturated heterocycles. The van der Waals surface area contributed by atoms with Gasteiger partial charge in [-0.3, -0.25) is 9.88 Å². The predicted octanol–water partition coefficient (Wildman–Crippen LogP) is 2.74. The molecule has 0 bridgehead atoms. The Balaban J connectivity index is 1.34. The van der Waals surface area contributed by atoms with E-state index in [1.165, 1.54) is 5.69 Å². The third-order valence-corrected chi connectivity index (χ3v) is 4.86. The van der Waals surface area contributed by atoms with Crippen molar-refractivity contribution in [2.75, 3.05) is 44.2 Å². The zero-order chi connectivity index (χ0) is 17.1. The van der Waals surface area contributed by atoms with Gasteiger partial charge in [0.05, 0.1) is 0 Å². The quantitative estimate of drug-likeness (QED) is 0.860. The van der Waals surface area contributed by atoms with E-state index in [9.17, 15) is 0 Å². The van der Waals surface area contributed by atoms with Crippen LogP contribution in [-0.2, 0) is 0 Å². The van der Waals surface area contributed by atoms with Crippen molar-refractivity contribution in [3.8, 4) is 11.5 Å². The minimum atomic E-state index is 0.101.